The number of aliphatic imine (C=N–C) groups is 1. The van der Waals surface area contributed by atoms with Gasteiger partial charge >= 0.3 is 5.97 Å². The summed E-state index contributed by atoms with van der Waals surface area (Å²) in [5, 5.41) is 0. The smallest absolute Gasteiger partial charge is 0.318 e. The third-order valence-corrected chi connectivity index (χ3v) is 3.29. The fourth-order valence-corrected chi connectivity index (χ4v) is 2.07. The highest BCUT2D eigenvalue weighted by Gasteiger charge is 2.20. The molecular formula is C18H17F2NO3. The minimum atomic E-state index is -0.805. The van der Waals surface area contributed by atoms with Crippen molar-refractivity contribution in [1.82, 2.24) is 0 Å². The second-order valence-corrected chi connectivity index (χ2v) is 4.88. The molecule has 0 fully saturated rings. The van der Waals surface area contributed by atoms with Gasteiger partial charge in [-0.3, -0.25) is 9.79 Å². The Morgan fingerprint density at radius 1 is 1.21 bits per heavy atom. The van der Waals surface area contributed by atoms with Gasteiger partial charge < -0.3 is 9.47 Å². The van der Waals surface area contributed by atoms with Gasteiger partial charge in [0.05, 0.1) is 19.4 Å². The number of carbonyl (C=O) groups excluding carboxylic acids is 1. The normalized spacial score (nSPS) is 12.2. The number of methoxy groups -OCH3 is 1. The lowest BCUT2D eigenvalue weighted by molar-refractivity contribution is -0.143. The summed E-state index contributed by atoms with van der Waals surface area (Å²) in [5.74, 6) is -2.16. The molecule has 0 N–H and O–H groups in total. The van der Waals surface area contributed by atoms with E-state index < -0.39 is 23.5 Å². The van der Waals surface area contributed by atoms with Crippen LogP contribution in [0.1, 0.15) is 18.4 Å². The quantitative estimate of drug-likeness (QED) is 0.592. The van der Waals surface area contributed by atoms with Gasteiger partial charge in [-0.25, -0.2) is 8.78 Å². The Balaban J connectivity index is 2.31. The Bertz CT molecular complexity index is 730. The highest BCUT2D eigenvalue weighted by molar-refractivity contribution is 5.96. The van der Waals surface area contributed by atoms with Crippen LogP contribution in [0.3, 0.4) is 0 Å². The van der Waals surface area contributed by atoms with Crippen LogP contribution in [0.25, 0.3) is 0 Å². The zero-order chi connectivity index (χ0) is 17.5. The molecule has 24 heavy (non-hydrogen) atoms. The molecule has 126 valence electrons. The molecule has 0 heterocycles. The van der Waals surface area contributed by atoms with E-state index in [2.05, 4.69) is 4.99 Å². The van der Waals surface area contributed by atoms with Gasteiger partial charge in [0.25, 0.3) is 0 Å². The molecule has 6 heteroatoms. The van der Waals surface area contributed by atoms with Crippen LogP contribution in [0.5, 0.6) is 5.75 Å². The van der Waals surface area contributed by atoms with Crippen molar-refractivity contribution >= 4 is 17.9 Å². The lowest BCUT2D eigenvalue weighted by atomic mass is 10.0. The molecule has 1 unspecified atom stereocenters. The van der Waals surface area contributed by atoms with Crippen LogP contribution in [0.15, 0.2) is 47.5 Å². The molecule has 0 aliphatic rings. The van der Waals surface area contributed by atoms with Gasteiger partial charge in [0.1, 0.15) is 17.5 Å². The second-order valence-electron chi connectivity index (χ2n) is 4.88. The fourth-order valence-electron chi connectivity index (χ4n) is 2.07. The number of ether oxygens (including phenoxy) is 2. The molecule has 0 saturated heterocycles. The van der Waals surface area contributed by atoms with E-state index in [1.54, 1.807) is 31.2 Å². The van der Waals surface area contributed by atoms with Gasteiger partial charge in [0, 0.05) is 12.3 Å². The number of nitrogens with zero attached hydrogens (tertiary/aromatic N) is 1. The number of esters is 1. The predicted molar refractivity (Wildman–Crippen MR) is 86.9 cm³/mol. The van der Waals surface area contributed by atoms with Crippen molar-refractivity contribution in [2.75, 3.05) is 13.7 Å². The zero-order valence-electron chi connectivity index (χ0n) is 13.3. The van der Waals surface area contributed by atoms with E-state index in [-0.39, 0.29) is 12.3 Å². The van der Waals surface area contributed by atoms with Crippen molar-refractivity contribution in [3.63, 3.8) is 0 Å². The van der Waals surface area contributed by atoms with Gasteiger partial charge in [-0.1, -0.05) is 12.1 Å². The van der Waals surface area contributed by atoms with Gasteiger partial charge in [-0.15, -0.1) is 0 Å². The van der Waals surface area contributed by atoms with Crippen LogP contribution in [-0.2, 0) is 9.53 Å². The first kappa shape index (κ1) is 17.6. The van der Waals surface area contributed by atoms with Crippen LogP contribution in [0, 0.1) is 11.6 Å². The van der Waals surface area contributed by atoms with Gasteiger partial charge in [0.2, 0.25) is 0 Å². The molecule has 4 nitrogen and oxygen atoms in total. The van der Waals surface area contributed by atoms with Crippen molar-refractivity contribution in [2.24, 2.45) is 4.99 Å². The molecule has 2 aromatic carbocycles. The van der Waals surface area contributed by atoms with Crippen LogP contribution >= 0.6 is 0 Å². The number of hydrogen-bond acceptors (Lipinski definition) is 4. The summed E-state index contributed by atoms with van der Waals surface area (Å²) in [6, 6.07) is 9.85. The minimum Gasteiger partial charge on any atom is -0.497 e. The highest BCUT2D eigenvalue weighted by Crippen LogP contribution is 2.23. The number of rotatable bonds is 6. The SMILES string of the molecule is CCOC(=O)C(C=Nc1ccc(F)cc1F)c1ccc(OC)cc1. The van der Waals surface area contributed by atoms with E-state index in [1.165, 1.54) is 19.4 Å². The predicted octanol–water partition coefficient (Wildman–Crippen LogP) is 4.02. The van der Waals surface area contributed by atoms with Gasteiger partial charge in [-0.05, 0) is 36.8 Å². The number of carbonyl (C=O) groups is 1. The molecule has 0 aliphatic heterocycles. The summed E-state index contributed by atoms with van der Waals surface area (Å²) >= 11 is 0. The van der Waals surface area contributed by atoms with E-state index in [0.717, 1.165) is 12.1 Å². The lowest BCUT2D eigenvalue weighted by Gasteiger charge is -2.12. The zero-order valence-corrected chi connectivity index (χ0v) is 13.3. The highest BCUT2D eigenvalue weighted by atomic mass is 19.1. The topological polar surface area (TPSA) is 47.9 Å². The molecular weight excluding hydrogens is 316 g/mol. The Morgan fingerprint density at radius 2 is 1.92 bits per heavy atom. The third-order valence-electron chi connectivity index (χ3n) is 3.29. The Kier molecular flexibility index (Phi) is 6.01. The molecule has 0 aromatic heterocycles. The van der Waals surface area contributed by atoms with E-state index in [4.69, 9.17) is 9.47 Å². The minimum absolute atomic E-state index is 0.0563. The summed E-state index contributed by atoms with van der Waals surface area (Å²) in [6.45, 7) is 1.91. The molecule has 0 saturated carbocycles. The van der Waals surface area contributed by atoms with E-state index >= 15 is 0 Å². The summed E-state index contributed by atoms with van der Waals surface area (Å²) < 4.78 is 36.7. The maximum absolute atomic E-state index is 13.7. The summed E-state index contributed by atoms with van der Waals surface area (Å²) in [5.41, 5.74) is 0.569. The molecule has 0 aliphatic carbocycles. The largest absolute Gasteiger partial charge is 0.497 e. The molecule has 0 amide bonds. The lowest BCUT2D eigenvalue weighted by Crippen LogP contribution is -2.17. The van der Waals surface area contributed by atoms with Crippen LogP contribution in [0.2, 0.25) is 0 Å². The van der Waals surface area contributed by atoms with Crippen LogP contribution in [0.4, 0.5) is 14.5 Å². The first-order valence-corrected chi connectivity index (χ1v) is 7.35. The third kappa shape index (κ3) is 4.38. The van der Waals surface area contributed by atoms with Crippen molar-refractivity contribution in [2.45, 2.75) is 12.8 Å². The molecule has 0 bridgehead atoms. The second kappa shape index (κ2) is 8.19. The van der Waals surface area contributed by atoms with Crippen molar-refractivity contribution < 1.29 is 23.0 Å². The average molecular weight is 333 g/mol. The molecule has 2 rings (SSSR count). The summed E-state index contributed by atoms with van der Waals surface area (Å²) in [7, 11) is 1.54. The monoisotopic (exact) mass is 333 g/mol. The standard InChI is InChI=1S/C18H17F2NO3/c1-3-24-18(22)15(12-4-7-14(23-2)8-5-12)11-21-17-9-6-13(19)10-16(17)20/h4-11,15H,3H2,1-2H3. The van der Waals surface area contributed by atoms with Crippen LogP contribution in [-0.4, -0.2) is 25.9 Å². The van der Waals surface area contributed by atoms with Gasteiger partial charge in [0.15, 0.2) is 5.82 Å². The van der Waals surface area contributed by atoms with E-state index in [1.807, 2.05) is 0 Å². The van der Waals surface area contributed by atoms with E-state index in [9.17, 15) is 13.6 Å². The van der Waals surface area contributed by atoms with E-state index in [0.29, 0.717) is 11.3 Å². The molecule has 2 aromatic rings. The summed E-state index contributed by atoms with van der Waals surface area (Å²) in [4.78, 5) is 16.1. The maximum Gasteiger partial charge on any atom is 0.318 e. The first-order chi connectivity index (χ1) is 11.5. The molecule has 1 atom stereocenters. The van der Waals surface area contributed by atoms with Crippen molar-refractivity contribution in [3.8, 4) is 5.75 Å². The number of halogens is 2. The Labute approximate surface area is 138 Å². The maximum atomic E-state index is 13.7. The number of benzene rings is 2. The fraction of sp³-hybridized carbons (Fsp3) is 0.222. The Morgan fingerprint density at radius 3 is 2.50 bits per heavy atom. The van der Waals surface area contributed by atoms with Crippen molar-refractivity contribution in [1.29, 1.82) is 0 Å². The van der Waals surface area contributed by atoms with Crippen molar-refractivity contribution in [3.05, 3.63) is 59.7 Å². The van der Waals surface area contributed by atoms with Gasteiger partial charge in [-0.2, -0.15) is 0 Å². The molecule has 0 radical (unpaired) electrons. The Hall–Kier alpha value is -2.76. The molecule has 0 spiro atoms. The average Bonchev–Trinajstić information content (AvgIpc) is 2.57. The van der Waals surface area contributed by atoms with Crippen LogP contribution < -0.4 is 4.74 Å². The summed E-state index contributed by atoms with van der Waals surface area (Å²) in [6.07, 6.45) is 1.29. The first-order valence-electron chi connectivity index (χ1n) is 7.35. The number of hydrogen-bond donors (Lipinski definition) is 0.